The minimum absolute atomic E-state index is 0.684. The van der Waals surface area contributed by atoms with Gasteiger partial charge in [-0.05, 0) is 26.2 Å². The van der Waals surface area contributed by atoms with Crippen LogP contribution in [-0.2, 0) is 0 Å². The maximum Gasteiger partial charge on any atom is 0.218 e. The normalized spacial score (nSPS) is 14.9. The smallest absolute Gasteiger partial charge is 0.218 e. The van der Waals surface area contributed by atoms with Gasteiger partial charge in [-0.2, -0.15) is 4.98 Å². The van der Waals surface area contributed by atoms with E-state index in [1.54, 1.807) is 0 Å². The van der Waals surface area contributed by atoms with Gasteiger partial charge in [0.1, 0.15) is 11.6 Å². The molecule has 0 unspecified atom stereocenters. The Balaban J connectivity index is 1.90. The zero-order chi connectivity index (χ0) is 11.4. The fourth-order valence-corrected chi connectivity index (χ4v) is 1.62. The first-order chi connectivity index (χ1) is 7.78. The Labute approximate surface area is 96.4 Å². The van der Waals surface area contributed by atoms with Crippen molar-refractivity contribution < 1.29 is 4.74 Å². The summed E-state index contributed by atoms with van der Waals surface area (Å²) in [5.41, 5.74) is 0. The van der Waals surface area contributed by atoms with Crippen LogP contribution in [0.15, 0.2) is 6.07 Å². The number of hydrogen-bond donors (Lipinski definition) is 1. The zero-order valence-corrected chi connectivity index (χ0v) is 9.99. The van der Waals surface area contributed by atoms with Gasteiger partial charge in [-0.15, -0.1) is 0 Å². The minimum Gasteiger partial charge on any atom is -0.478 e. The molecule has 0 aromatic carbocycles. The average molecular weight is 221 g/mol. The maximum atomic E-state index is 5.63. The molecule has 16 heavy (non-hydrogen) atoms. The molecule has 2 rings (SSSR count). The third-order valence-corrected chi connectivity index (χ3v) is 2.65. The molecule has 1 aromatic rings. The van der Waals surface area contributed by atoms with Gasteiger partial charge in [0.2, 0.25) is 5.88 Å². The van der Waals surface area contributed by atoms with Crippen LogP contribution in [0.5, 0.6) is 5.88 Å². The van der Waals surface area contributed by atoms with E-state index in [4.69, 9.17) is 4.74 Å². The first kappa shape index (κ1) is 11.2. The predicted molar refractivity (Wildman–Crippen MR) is 63.8 cm³/mol. The van der Waals surface area contributed by atoms with Crippen LogP contribution >= 0.6 is 0 Å². The SMILES string of the molecule is CCNc1cc(OCCC2CC2)nc(C)n1. The highest BCUT2D eigenvalue weighted by Gasteiger charge is 2.20. The van der Waals surface area contributed by atoms with E-state index >= 15 is 0 Å². The van der Waals surface area contributed by atoms with E-state index in [9.17, 15) is 0 Å². The standard InChI is InChI=1S/C12H19N3O/c1-3-13-11-8-12(15-9(2)14-11)16-7-6-10-4-5-10/h8,10H,3-7H2,1-2H3,(H,13,14,15). The summed E-state index contributed by atoms with van der Waals surface area (Å²) in [4.78, 5) is 8.54. The Morgan fingerprint density at radius 3 is 2.94 bits per heavy atom. The molecule has 4 heteroatoms. The highest BCUT2D eigenvalue weighted by atomic mass is 16.5. The fourth-order valence-electron chi connectivity index (χ4n) is 1.62. The molecular formula is C12H19N3O. The van der Waals surface area contributed by atoms with Crippen LogP contribution < -0.4 is 10.1 Å². The lowest BCUT2D eigenvalue weighted by Gasteiger charge is -2.08. The van der Waals surface area contributed by atoms with Crippen molar-refractivity contribution in [3.8, 4) is 5.88 Å². The molecule has 1 heterocycles. The largest absolute Gasteiger partial charge is 0.478 e. The number of rotatable bonds is 6. The first-order valence-corrected chi connectivity index (χ1v) is 6.00. The number of aryl methyl sites for hydroxylation is 1. The zero-order valence-electron chi connectivity index (χ0n) is 9.99. The summed E-state index contributed by atoms with van der Waals surface area (Å²) in [6.07, 6.45) is 3.89. The van der Waals surface area contributed by atoms with E-state index in [0.29, 0.717) is 5.88 Å². The van der Waals surface area contributed by atoms with Crippen molar-refractivity contribution in [3.63, 3.8) is 0 Å². The van der Waals surface area contributed by atoms with Crippen molar-refractivity contribution in [2.24, 2.45) is 5.92 Å². The summed E-state index contributed by atoms with van der Waals surface area (Å²) < 4.78 is 5.63. The molecular weight excluding hydrogens is 202 g/mol. The van der Waals surface area contributed by atoms with E-state index in [-0.39, 0.29) is 0 Å². The first-order valence-electron chi connectivity index (χ1n) is 6.00. The molecule has 0 amide bonds. The Morgan fingerprint density at radius 2 is 2.25 bits per heavy atom. The Morgan fingerprint density at radius 1 is 1.44 bits per heavy atom. The third-order valence-electron chi connectivity index (χ3n) is 2.65. The second-order valence-electron chi connectivity index (χ2n) is 4.25. The van der Waals surface area contributed by atoms with Crippen LogP contribution in [0.2, 0.25) is 0 Å². The molecule has 0 bridgehead atoms. The molecule has 0 radical (unpaired) electrons. The van der Waals surface area contributed by atoms with Gasteiger partial charge in [0, 0.05) is 12.6 Å². The predicted octanol–water partition coefficient (Wildman–Crippen LogP) is 2.40. The lowest BCUT2D eigenvalue weighted by atomic mass is 10.3. The second kappa shape index (κ2) is 5.14. The van der Waals surface area contributed by atoms with E-state index in [2.05, 4.69) is 15.3 Å². The fraction of sp³-hybridized carbons (Fsp3) is 0.667. The summed E-state index contributed by atoms with van der Waals surface area (Å²) in [7, 11) is 0. The van der Waals surface area contributed by atoms with Gasteiger partial charge in [0.25, 0.3) is 0 Å². The quantitative estimate of drug-likeness (QED) is 0.801. The average Bonchev–Trinajstić information content (AvgIpc) is 3.01. The second-order valence-corrected chi connectivity index (χ2v) is 4.25. The Hall–Kier alpha value is -1.32. The Bertz CT molecular complexity index is 350. The van der Waals surface area contributed by atoms with Gasteiger partial charge in [-0.25, -0.2) is 4.98 Å². The lowest BCUT2D eigenvalue weighted by Crippen LogP contribution is -2.05. The summed E-state index contributed by atoms with van der Waals surface area (Å²) in [6.45, 7) is 5.56. The molecule has 88 valence electrons. The molecule has 1 aromatic heterocycles. The molecule has 0 atom stereocenters. The van der Waals surface area contributed by atoms with Crippen LogP contribution in [0.25, 0.3) is 0 Å². The number of nitrogens with one attached hydrogen (secondary N) is 1. The summed E-state index contributed by atoms with van der Waals surface area (Å²) in [6, 6.07) is 1.86. The van der Waals surface area contributed by atoms with Crippen molar-refractivity contribution in [1.82, 2.24) is 9.97 Å². The van der Waals surface area contributed by atoms with Crippen molar-refractivity contribution in [2.75, 3.05) is 18.5 Å². The number of hydrogen-bond acceptors (Lipinski definition) is 4. The van der Waals surface area contributed by atoms with E-state index in [0.717, 1.165) is 37.1 Å². The van der Waals surface area contributed by atoms with Gasteiger partial charge >= 0.3 is 0 Å². The van der Waals surface area contributed by atoms with E-state index < -0.39 is 0 Å². The van der Waals surface area contributed by atoms with Crippen molar-refractivity contribution >= 4 is 5.82 Å². The molecule has 1 aliphatic rings. The minimum atomic E-state index is 0.684. The van der Waals surface area contributed by atoms with Crippen LogP contribution in [-0.4, -0.2) is 23.1 Å². The van der Waals surface area contributed by atoms with Crippen molar-refractivity contribution in [1.29, 1.82) is 0 Å². The highest BCUT2D eigenvalue weighted by Crippen LogP contribution is 2.32. The summed E-state index contributed by atoms with van der Waals surface area (Å²) in [5.74, 6) is 3.18. The highest BCUT2D eigenvalue weighted by molar-refractivity contribution is 5.38. The van der Waals surface area contributed by atoms with Crippen molar-refractivity contribution in [3.05, 3.63) is 11.9 Å². The molecule has 1 N–H and O–H groups in total. The number of ether oxygens (including phenoxy) is 1. The Kier molecular flexibility index (Phi) is 3.59. The third kappa shape index (κ3) is 3.36. The summed E-state index contributed by atoms with van der Waals surface area (Å²) in [5, 5.41) is 3.17. The molecule has 4 nitrogen and oxygen atoms in total. The molecule has 1 aliphatic carbocycles. The van der Waals surface area contributed by atoms with Gasteiger partial charge in [-0.3, -0.25) is 0 Å². The molecule has 0 spiro atoms. The monoisotopic (exact) mass is 221 g/mol. The van der Waals surface area contributed by atoms with Crippen LogP contribution in [0, 0.1) is 12.8 Å². The van der Waals surface area contributed by atoms with Crippen LogP contribution in [0.3, 0.4) is 0 Å². The molecule has 1 fully saturated rings. The number of anilines is 1. The van der Waals surface area contributed by atoms with E-state index in [1.165, 1.54) is 12.8 Å². The topological polar surface area (TPSA) is 47.0 Å². The molecule has 0 aliphatic heterocycles. The number of aromatic nitrogens is 2. The molecule has 0 saturated heterocycles. The van der Waals surface area contributed by atoms with Crippen LogP contribution in [0.4, 0.5) is 5.82 Å². The maximum absolute atomic E-state index is 5.63. The number of nitrogens with zero attached hydrogens (tertiary/aromatic N) is 2. The van der Waals surface area contributed by atoms with E-state index in [1.807, 2.05) is 19.9 Å². The molecule has 1 saturated carbocycles. The summed E-state index contributed by atoms with van der Waals surface area (Å²) >= 11 is 0. The lowest BCUT2D eigenvalue weighted by molar-refractivity contribution is 0.290. The van der Waals surface area contributed by atoms with Gasteiger partial charge < -0.3 is 10.1 Å². The van der Waals surface area contributed by atoms with Gasteiger partial charge in [-0.1, -0.05) is 12.8 Å². The van der Waals surface area contributed by atoms with Crippen LogP contribution in [0.1, 0.15) is 32.0 Å². The van der Waals surface area contributed by atoms with Gasteiger partial charge in [0.05, 0.1) is 6.61 Å². The van der Waals surface area contributed by atoms with Gasteiger partial charge in [0.15, 0.2) is 0 Å². The van der Waals surface area contributed by atoms with Crippen molar-refractivity contribution in [2.45, 2.75) is 33.1 Å².